The van der Waals surface area contributed by atoms with E-state index in [1.807, 2.05) is 6.07 Å². The van der Waals surface area contributed by atoms with Gasteiger partial charge in [-0.05, 0) is 24.3 Å². The maximum absolute atomic E-state index is 13.2. The summed E-state index contributed by atoms with van der Waals surface area (Å²) in [5.74, 6) is 1.45. The van der Waals surface area contributed by atoms with Crippen molar-refractivity contribution in [3.63, 3.8) is 0 Å². The van der Waals surface area contributed by atoms with Crippen molar-refractivity contribution in [1.29, 1.82) is 0 Å². The highest BCUT2D eigenvalue weighted by molar-refractivity contribution is 5.86. The number of ether oxygens (including phenoxy) is 1. The number of hydrogen-bond donors (Lipinski definition) is 1. The molecule has 4 heteroatoms. The van der Waals surface area contributed by atoms with Crippen LogP contribution in [0.1, 0.15) is 24.4 Å². The minimum atomic E-state index is -0.228. The Balaban J connectivity index is 1.64. The molecule has 118 valence electrons. The first-order valence-corrected chi connectivity index (χ1v) is 8.31. The van der Waals surface area contributed by atoms with E-state index in [1.54, 1.807) is 7.11 Å². The molecule has 0 radical (unpaired) electrons. The Morgan fingerprint density at radius 2 is 2.09 bits per heavy atom. The molecule has 0 spiro atoms. The van der Waals surface area contributed by atoms with Gasteiger partial charge in [-0.2, -0.15) is 0 Å². The Morgan fingerprint density at radius 1 is 1.32 bits per heavy atom. The number of fused-ring (bicyclic) bond motifs is 1. The van der Waals surface area contributed by atoms with E-state index in [0.29, 0.717) is 24.3 Å². The molecule has 1 aliphatic carbocycles. The van der Waals surface area contributed by atoms with Crippen molar-refractivity contribution in [2.45, 2.75) is 18.9 Å². The molecule has 1 aromatic carbocycles. The fourth-order valence-electron chi connectivity index (χ4n) is 4.36. The van der Waals surface area contributed by atoms with Crippen molar-refractivity contribution in [2.75, 3.05) is 33.4 Å². The molecule has 22 heavy (non-hydrogen) atoms. The van der Waals surface area contributed by atoms with Gasteiger partial charge in [0.25, 0.3) is 0 Å². The van der Waals surface area contributed by atoms with Gasteiger partial charge in [0.15, 0.2) is 0 Å². The van der Waals surface area contributed by atoms with Gasteiger partial charge in [-0.3, -0.25) is 4.79 Å². The summed E-state index contributed by atoms with van der Waals surface area (Å²) in [6, 6.07) is 10.8. The van der Waals surface area contributed by atoms with E-state index in [0.717, 1.165) is 32.5 Å². The summed E-state index contributed by atoms with van der Waals surface area (Å²) in [5, 5.41) is 3.50. The fourth-order valence-corrected chi connectivity index (χ4v) is 4.36. The summed E-state index contributed by atoms with van der Waals surface area (Å²) in [6.07, 6.45) is 1.95. The highest BCUT2D eigenvalue weighted by Crippen LogP contribution is 2.52. The number of hydrogen-bond acceptors (Lipinski definition) is 3. The maximum Gasteiger partial charge on any atom is 0.231 e. The standard InChI is InChI=1S/C18H24N2O2/c1-22-12-18(7-8-18)17(21)20-11-14-9-19-10-15(14)16(20)13-5-3-2-4-6-13/h2-6,14-16,19H,7-12H2,1H3/t14-,15-,16+/m0/s1. The van der Waals surface area contributed by atoms with Crippen LogP contribution in [0.4, 0.5) is 0 Å². The predicted octanol–water partition coefficient (Wildman–Crippen LogP) is 1.83. The first-order valence-electron chi connectivity index (χ1n) is 8.31. The molecule has 3 atom stereocenters. The summed E-state index contributed by atoms with van der Waals surface area (Å²) >= 11 is 0. The van der Waals surface area contributed by atoms with Gasteiger partial charge in [0, 0.05) is 32.7 Å². The first kappa shape index (κ1) is 14.2. The quantitative estimate of drug-likeness (QED) is 0.922. The molecule has 0 aromatic heterocycles. The third-order valence-electron chi connectivity index (χ3n) is 5.69. The molecule has 1 saturated carbocycles. The van der Waals surface area contributed by atoms with Gasteiger partial charge >= 0.3 is 0 Å². The van der Waals surface area contributed by atoms with E-state index >= 15 is 0 Å². The lowest BCUT2D eigenvalue weighted by Crippen LogP contribution is -2.41. The number of benzene rings is 1. The molecule has 3 aliphatic rings. The second-order valence-electron chi connectivity index (χ2n) is 7.11. The van der Waals surface area contributed by atoms with Crippen LogP contribution in [0, 0.1) is 17.3 Å². The average Bonchev–Trinajstić information content (AvgIpc) is 3.04. The van der Waals surface area contributed by atoms with E-state index in [9.17, 15) is 4.79 Å². The molecule has 3 fully saturated rings. The van der Waals surface area contributed by atoms with E-state index in [-0.39, 0.29) is 11.5 Å². The van der Waals surface area contributed by atoms with Gasteiger partial charge in [-0.1, -0.05) is 30.3 Å². The van der Waals surface area contributed by atoms with Gasteiger partial charge in [0.2, 0.25) is 5.91 Å². The lowest BCUT2D eigenvalue weighted by Gasteiger charge is -2.31. The van der Waals surface area contributed by atoms with Crippen molar-refractivity contribution >= 4 is 5.91 Å². The van der Waals surface area contributed by atoms with Crippen LogP contribution in [0.5, 0.6) is 0 Å². The van der Waals surface area contributed by atoms with Gasteiger partial charge in [0.1, 0.15) is 0 Å². The van der Waals surface area contributed by atoms with Crippen molar-refractivity contribution in [2.24, 2.45) is 17.3 Å². The molecule has 2 saturated heterocycles. The number of rotatable bonds is 4. The Labute approximate surface area is 131 Å². The smallest absolute Gasteiger partial charge is 0.231 e. The van der Waals surface area contributed by atoms with Crippen LogP contribution < -0.4 is 5.32 Å². The normalized spacial score (nSPS) is 32.0. The molecule has 2 heterocycles. The Bertz CT molecular complexity index is 555. The average molecular weight is 300 g/mol. The number of likely N-dealkylation sites (tertiary alicyclic amines) is 1. The second-order valence-corrected chi connectivity index (χ2v) is 7.11. The zero-order valence-electron chi connectivity index (χ0n) is 13.1. The van der Waals surface area contributed by atoms with E-state index < -0.39 is 0 Å². The molecule has 2 aliphatic heterocycles. The molecule has 1 aromatic rings. The van der Waals surface area contributed by atoms with Crippen LogP contribution in [0.25, 0.3) is 0 Å². The lowest BCUT2D eigenvalue weighted by atomic mass is 9.89. The monoisotopic (exact) mass is 300 g/mol. The molecule has 4 rings (SSSR count). The minimum absolute atomic E-state index is 0.225. The van der Waals surface area contributed by atoms with Crippen LogP contribution in [0.15, 0.2) is 30.3 Å². The molecule has 1 amide bonds. The third-order valence-corrected chi connectivity index (χ3v) is 5.69. The van der Waals surface area contributed by atoms with Crippen molar-refractivity contribution < 1.29 is 9.53 Å². The van der Waals surface area contributed by atoms with Crippen LogP contribution in [-0.4, -0.2) is 44.2 Å². The van der Waals surface area contributed by atoms with Gasteiger partial charge in [-0.15, -0.1) is 0 Å². The summed E-state index contributed by atoms with van der Waals surface area (Å²) < 4.78 is 5.32. The van der Waals surface area contributed by atoms with Crippen LogP contribution in [0.2, 0.25) is 0 Å². The Kier molecular flexibility index (Phi) is 3.46. The number of nitrogens with zero attached hydrogens (tertiary/aromatic N) is 1. The van der Waals surface area contributed by atoms with Gasteiger partial charge in [0.05, 0.1) is 18.1 Å². The van der Waals surface area contributed by atoms with Gasteiger partial charge < -0.3 is 15.0 Å². The number of carbonyl (C=O) groups excluding carboxylic acids is 1. The Hall–Kier alpha value is -1.39. The largest absolute Gasteiger partial charge is 0.384 e. The molecule has 1 N–H and O–H groups in total. The minimum Gasteiger partial charge on any atom is -0.384 e. The summed E-state index contributed by atoms with van der Waals surface area (Å²) in [6.45, 7) is 3.51. The van der Waals surface area contributed by atoms with Crippen LogP contribution in [-0.2, 0) is 9.53 Å². The molecule has 0 unspecified atom stereocenters. The predicted molar refractivity (Wildman–Crippen MR) is 84.3 cm³/mol. The molecule has 0 bridgehead atoms. The fraction of sp³-hybridized carbons (Fsp3) is 0.611. The first-order chi connectivity index (χ1) is 10.7. The maximum atomic E-state index is 13.2. The van der Waals surface area contributed by atoms with Crippen molar-refractivity contribution in [3.05, 3.63) is 35.9 Å². The Morgan fingerprint density at radius 3 is 2.77 bits per heavy atom. The summed E-state index contributed by atoms with van der Waals surface area (Å²) in [4.78, 5) is 15.3. The number of carbonyl (C=O) groups is 1. The van der Waals surface area contributed by atoms with Crippen LogP contribution in [0.3, 0.4) is 0 Å². The van der Waals surface area contributed by atoms with E-state index in [1.165, 1.54) is 5.56 Å². The lowest BCUT2D eigenvalue weighted by molar-refractivity contribution is -0.140. The van der Waals surface area contributed by atoms with Crippen LogP contribution >= 0.6 is 0 Å². The van der Waals surface area contributed by atoms with Gasteiger partial charge in [-0.25, -0.2) is 0 Å². The summed E-state index contributed by atoms with van der Waals surface area (Å²) in [5.41, 5.74) is 1.05. The number of nitrogens with one attached hydrogen (secondary N) is 1. The number of methoxy groups -OCH3 is 1. The second kappa shape index (κ2) is 5.36. The highest BCUT2D eigenvalue weighted by atomic mass is 16.5. The van der Waals surface area contributed by atoms with E-state index in [4.69, 9.17) is 4.74 Å². The van der Waals surface area contributed by atoms with E-state index in [2.05, 4.69) is 34.5 Å². The number of amides is 1. The molecular formula is C18H24N2O2. The molecule has 4 nitrogen and oxygen atoms in total. The third kappa shape index (κ3) is 2.17. The SMILES string of the molecule is COCC1(C(=O)N2C[C@@H]3CNC[C@@H]3[C@H]2c2ccccc2)CC1. The zero-order valence-corrected chi connectivity index (χ0v) is 13.1. The van der Waals surface area contributed by atoms with Crippen molar-refractivity contribution in [1.82, 2.24) is 10.2 Å². The topological polar surface area (TPSA) is 41.6 Å². The van der Waals surface area contributed by atoms with Crippen molar-refractivity contribution in [3.8, 4) is 0 Å². The highest BCUT2D eigenvalue weighted by Gasteiger charge is 2.56. The zero-order chi connectivity index (χ0) is 15.2. The molecular weight excluding hydrogens is 276 g/mol. The summed E-state index contributed by atoms with van der Waals surface area (Å²) in [7, 11) is 1.70.